The largest absolute Gasteiger partial charge is 0.421 e. The van der Waals surface area contributed by atoms with Crippen molar-refractivity contribution in [2.75, 3.05) is 5.32 Å². The van der Waals surface area contributed by atoms with Gasteiger partial charge in [0.15, 0.2) is 5.58 Å². The van der Waals surface area contributed by atoms with Crippen LogP contribution in [0.1, 0.15) is 0 Å². The summed E-state index contributed by atoms with van der Waals surface area (Å²) in [5.41, 5.74) is 1.63. The second-order valence-corrected chi connectivity index (χ2v) is 4.39. The molecule has 1 N–H and O–H groups in total. The average molecular weight is 297 g/mol. The van der Waals surface area contributed by atoms with Crippen LogP contribution in [-0.2, 0) is 0 Å². The molecule has 3 aromatic heterocycles. The van der Waals surface area contributed by atoms with Crippen LogP contribution < -0.4 is 5.32 Å². The van der Waals surface area contributed by atoms with Crippen LogP contribution in [0.2, 0.25) is 0 Å². The van der Waals surface area contributed by atoms with Gasteiger partial charge < -0.3 is 8.83 Å². The molecule has 0 radical (unpaired) electrons. The molecule has 7 nitrogen and oxygen atoms in total. The van der Waals surface area contributed by atoms with Gasteiger partial charge in [0.2, 0.25) is 11.5 Å². The topological polar surface area (TPSA) is 89.9 Å². The van der Waals surface area contributed by atoms with Crippen molar-refractivity contribution in [1.82, 2.24) is 20.2 Å². The molecular weight excluding hydrogens is 289 g/mol. The number of pyridine rings is 1. The molecule has 0 saturated heterocycles. The van der Waals surface area contributed by atoms with Gasteiger partial charge in [-0.25, -0.2) is 9.37 Å². The van der Waals surface area contributed by atoms with E-state index < -0.39 is 0 Å². The van der Waals surface area contributed by atoms with Crippen molar-refractivity contribution in [2.45, 2.75) is 0 Å². The van der Waals surface area contributed by atoms with Crippen LogP contribution in [0.15, 0.2) is 51.4 Å². The van der Waals surface area contributed by atoms with Crippen LogP contribution in [0.4, 0.5) is 16.4 Å². The second-order valence-electron chi connectivity index (χ2n) is 4.39. The standard InChI is InChI=1S/C14H8FN5O2/c15-9-5-3-8(4-6-9)12-19-20-14(22-12)18-13-17-11-10(21-13)2-1-7-16-11/h1-7H,(H,16,17,18,20). The maximum Gasteiger partial charge on any atom is 0.323 e. The van der Waals surface area contributed by atoms with E-state index in [4.69, 9.17) is 8.83 Å². The minimum Gasteiger partial charge on any atom is -0.421 e. The molecule has 0 bridgehead atoms. The van der Waals surface area contributed by atoms with Gasteiger partial charge in [0.05, 0.1) is 0 Å². The molecule has 3 heterocycles. The zero-order chi connectivity index (χ0) is 14.9. The van der Waals surface area contributed by atoms with E-state index in [-0.39, 0.29) is 23.7 Å². The fourth-order valence-corrected chi connectivity index (χ4v) is 1.90. The summed E-state index contributed by atoms with van der Waals surface area (Å²) < 4.78 is 23.8. The van der Waals surface area contributed by atoms with Gasteiger partial charge in [-0.15, -0.1) is 5.10 Å². The highest BCUT2D eigenvalue weighted by Gasteiger charge is 2.12. The lowest BCUT2D eigenvalue weighted by Gasteiger charge is -1.94. The number of hydrogen-bond donors (Lipinski definition) is 1. The number of benzene rings is 1. The first kappa shape index (κ1) is 12.5. The van der Waals surface area contributed by atoms with E-state index in [1.165, 1.54) is 12.1 Å². The van der Waals surface area contributed by atoms with Gasteiger partial charge in [-0.05, 0) is 36.4 Å². The summed E-state index contributed by atoms with van der Waals surface area (Å²) in [5, 5.41) is 10.5. The molecule has 4 rings (SSSR count). The highest BCUT2D eigenvalue weighted by molar-refractivity contribution is 5.70. The summed E-state index contributed by atoms with van der Waals surface area (Å²) in [7, 11) is 0. The number of nitrogens with zero attached hydrogens (tertiary/aromatic N) is 4. The van der Waals surface area contributed by atoms with Gasteiger partial charge in [0, 0.05) is 11.8 Å². The van der Waals surface area contributed by atoms with E-state index in [9.17, 15) is 4.39 Å². The molecular formula is C14H8FN5O2. The van der Waals surface area contributed by atoms with Crippen molar-refractivity contribution in [1.29, 1.82) is 0 Å². The van der Waals surface area contributed by atoms with Crippen molar-refractivity contribution < 1.29 is 13.2 Å². The van der Waals surface area contributed by atoms with Crippen LogP contribution in [-0.4, -0.2) is 20.2 Å². The second kappa shape index (κ2) is 4.92. The SMILES string of the molecule is Fc1ccc(-c2nnc(Nc3nc4ncccc4o3)o2)cc1. The van der Waals surface area contributed by atoms with E-state index in [0.717, 1.165) is 0 Å². The van der Waals surface area contributed by atoms with Crippen LogP contribution >= 0.6 is 0 Å². The maximum absolute atomic E-state index is 12.9. The van der Waals surface area contributed by atoms with Crippen molar-refractivity contribution in [3.8, 4) is 11.5 Å². The molecule has 0 atom stereocenters. The Kier molecular flexibility index (Phi) is 2.78. The fraction of sp³-hybridized carbons (Fsp3) is 0. The first-order valence-corrected chi connectivity index (χ1v) is 6.36. The number of rotatable bonds is 3. The average Bonchev–Trinajstić information content (AvgIpc) is 3.14. The molecule has 108 valence electrons. The Hall–Kier alpha value is -3.29. The summed E-state index contributed by atoms with van der Waals surface area (Å²) in [4.78, 5) is 8.19. The number of halogens is 1. The van der Waals surface area contributed by atoms with E-state index in [1.54, 1.807) is 30.5 Å². The Bertz CT molecular complexity index is 899. The number of aromatic nitrogens is 4. The molecule has 0 aliphatic heterocycles. The van der Waals surface area contributed by atoms with Crippen molar-refractivity contribution in [2.24, 2.45) is 0 Å². The third-order valence-electron chi connectivity index (χ3n) is 2.89. The smallest absolute Gasteiger partial charge is 0.323 e. The number of fused-ring (bicyclic) bond motifs is 1. The van der Waals surface area contributed by atoms with Gasteiger partial charge in [-0.2, -0.15) is 4.98 Å². The van der Waals surface area contributed by atoms with E-state index in [1.807, 2.05) is 0 Å². The number of nitrogens with one attached hydrogen (secondary N) is 1. The highest BCUT2D eigenvalue weighted by Crippen LogP contribution is 2.23. The number of oxazole rings is 1. The van der Waals surface area contributed by atoms with Crippen LogP contribution in [0.25, 0.3) is 22.7 Å². The summed E-state index contributed by atoms with van der Waals surface area (Å²) in [6.45, 7) is 0. The van der Waals surface area contributed by atoms with Gasteiger partial charge in [0.1, 0.15) is 5.82 Å². The Morgan fingerprint density at radius 2 is 1.82 bits per heavy atom. The Morgan fingerprint density at radius 1 is 0.955 bits per heavy atom. The van der Waals surface area contributed by atoms with Crippen molar-refractivity contribution in [3.63, 3.8) is 0 Å². The molecule has 22 heavy (non-hydrogen) atoms. The highest BCUT2D eigenvalue weighted by atomic mass is 19.1. The summed E-state index contributed by atoms with van der Waals surface area (Å²) >= 11 is 0. The Balaban J connectivity index is 1.60. The normalized spacial score (nSPS) is 11.0. The van der Waals surface area contributed by atoms with Gasteiger partial charge >= 0.3 is 12.0 Å². The third kappa shape index (κ3) is 2.26. The van der Waals surface area contributed by atoms with Crippen LogP contribution in [0, 0.1) is 5.82 Å². The molecule has 4 aromatic rings. The van der Waals surface area contributed by atoms with Gasteiger partial charge in [0.25, 0.3) is 0 Å². The minimum absolute atomic E-state index is 0.117. The molecule has 0 unspecified atom stereocenters. The van der Waals surface area contributed by atoms with E-state index in [2.05, 4.69) is 25.5 Å². The lowest BCUT2D eigenvalue weighted by molar-refractivity contribution is 0.571. The molecule has 0 spiro atoms. The molecule has 8 heteroatoms. The van der Waals surface area contributed by atoms with Gasteiger partial charge in [-0.3, -0.25) is 5.32 Å². The molecule has 1 aromatic carbocycles. The number of hydrogen-bond acceptors (Lipinski definition) is 7. The van der Waals surface area contributed by atoms with Gasteiger partial charge in [-0.1, -0.05) is 5.10 Å². The third-order valence-corrected chi connectivity index (χ3v) is 2.89. The summed E-state index contributed by atoms with van der Waals surface area (Å²) in [6.07, 6.45) is 1.62. The minimum atomic E-state index is -0.333. The van der Waals surface area contributed by atoms with Crippen LogP contribution in [0.3, 0.4) is 0 Å². The predicted molar refractivity (Wildman–Crippen MR) is 74.8 cm³/mol. The first-order valence-electron chi connectivity index (χ1n) is 6.36. The molecule has 0 aliphatic rings. The summed E-state index contributed by atoms with van der Waals surface area (Å²) in [5.74, 6) is -0.0719. The van der Waals surface area contributed by atoms with E-state index in [0.29, 0.717) is 16.8 Å². The summed E-state index contributed by atoms with van der Waals surface area (Å²) in [6, 6.07) is 9.55. The zero-order valence-corrected chi connectivity index (χ0v) is 11.0. The lowest BCUT2D eigenvalue weighted by atomic mass is 10.2. The fourth-order valence-electron chi connectivity index (χ4n) is 1.90. The molecule has 0 fully saturated rings. The quantitative estimate of drug-likeness (QED) is 0.621. The van der Waals surface area contributed by atoms with Crippen molar-refractivity contribution in [3.05, 3.63) is 48.4 Å². The predicted octanol–water partition coefficient (Wildman–Crippen LogP) is 3.16. The molecule has 0 saturated carbocycles. The monoisotopic (exact) mass is 297 g/mol. The molecule has 0 amide bonds. The first-order chi connectivity index (χ1) is 10.8. The number of anilines is 2. The van der Waals surface area contributed by atoms with E-state index >= 15 is 0 Å². The Morgan fingerprint density at radius 3 is 2.64 bits per heavy atom. The molecule has 0 aliphatic carbocycles. The van der Waals surface area contributed by atoms with Crippen LogP contribution in [0.5, 0.6) is 0 Å². The van der Waals surface area contributed by atoms with Crippen molar-refractivity contribution >= 4 is 23.3 Å². The Labute approximate surface area is 122 Å². The lowest BCUT2D eigenvalue weighted by Crippen LogP contribution is -1.89. The zero-order valence-electron chi connectivity index (χ0n) is 11.0. The maximum atomic E-state index is 12.9.